The van der Waals surface area contributed by atoms with E-state index in [4.69, 9.17) is 15.0 Å². The van der Waals surface area contributed by atoms with Crippen LogP contribution in [0.2, 0.25) is 0 Å². The largest absolute Gasteiger partial charge is 0.493 e. The average Bonchev–Trinajstić information content (AvgIpc) is 2.96. The summed E-state index contributed by atoms with van der Waals surface area (Å²) in [6.45, 7) is 1.33. The Morgan fingerprint density at radius 1 is 1.00 bits per heavy atom. The van der Waals surface area contributed by atoms with Crippen molar-refractivity contribution in [3.63, 3.8) is 0 Å². The molecule has 0 fully saturated rings. The molecule has 2 rings (SSSR count). The summed E-state index contributed by atoms with van der Waals surface area (Å²) in [7, 11) is 0. The molecule has 0 atom stereocenters. The van der Waals surface area contributed by atoms with Crippen LogP contribution < -0.4 is 10.5 Å². The molecule has 0 bridgehead atoms. The lowest BCUT2D eigenvalue weighted by atomic mass is 10.1. The van der Waals surface area contributed by atoms with E-state index in [2.05, 4.69) is 10.1 Å². The fourth-order valence-electron chi connectivity index (χ4n) is 2.04. The molecule has 21 heavy (non-hydrogen) atoms. The number of aromatic nitrogens is 2. The molecule has 5 nitrogen and oxygen atoms in total. The summed E-state index contributed by atoms with van der Waals surface area (Å²) in [5, 5.41) is 3.98. The number of aryl methyl sites for hydroxylation is 1. The van der Waals surface area contributed by atoms with E-state index in [1.807, 2.05) is 30.3 Å². The fraction of sp³-hybridized carbons (Fsp3) is 0.500. The summed E-state index contributed by atoms with van der Waals surface area (Å²) < 4.78 is 10.8. The highest BCUT2D eigenvalue weighted by atomic mass is 16.5. The van der Waals surface area contributed by atoms with Gasteiger partial charge in [-0.1, -0.05) is 36.2 Å². The van der Waals surface area contributed by atoms with Gasteiger partial charge in [0.1, 0.15) is 5.75 Å². The number of ether oxygens (including phenoxy) is 1. The van der Waals surface area contributed by atoms with Gasteiger partial charge in [-0.2, -0.15) is 4.98 Å². The van der Waals surface area contributed by atoms with Crippen LogP contribution >= 0.6 is 0 Å². The molecule has 1 aromatic heterocycles. The number of benzene rings is 1. The van der Waals surface area contributed by atoms with Crippen LogP contribution in [0.15, 0.2) is 34.9 Å². The Morgan fingerprint density at radius 3 is 2.62 bits per heavy atom. The van der Waals surface area contributed by atoms with Crippen molar-refractivity contribution < 1.29 is 9.26 Å². The lowest BCUT2D eigenvalue weighted by Gasteiger charge is -2.02. The molecule has 0 saturated carbocycles. The Labute approximate surface area is 125 Å². The first-order chi connectivity index (χ1) is 10.4. The molecule has 1 heterocycles. The zero-order valence-corrected chi connectivity index (χ0v) is 12.3. The molecule has 0 aliphatic rings. The Kier molecular flexibility index (Phi) is 6.74. The maximum absolute atomic E-state index is 5.61. The Bertz CT molecular complexity index is 499. The molecule has 2 N–H and O–H groups in total. The number of rotatable bonds is 10. The molecule has 114 valence electrons. The summed E-state index contributed by atoms with van der Waals surface area (Å²) in [6, 6.07) is 9.73. The lowest BCUT2D eigenvalue weighted by Crippen LogP contribution is -2.02. The second kappa shape index (κ2) is 9.13. The Hall–Kier alpha value is -1.88. The minimum Gasteiger partial charge on any atom is -0.493 e. The first-order valence-corrected chi connectivity index (χ1v) is 7.58. The van der Waals surface area contributed by atoms with Gasteiger partial charge in [0.2, 0.25) is 5.89 Å². The molecule has 0 spiro atoms. The maximum Gasteiger partial charge on any atom is 0.226 e. The summed E-state index contributed by atoms with van der Waals surface area (Å²) in [6.07, 6.45) is 5.99. The first kappa shape index (κ1) is 15.5. The van der Waals surface area contributed by atoms with E-state index in [0.29, 0.717) is 18.9 Å². The van der Waals surface area contributed by atoms with Crippen molar-refractivity contribution in [1.29, 1.82) is 0 Å². The molecular weight excluding hydrogens is 266 g/mol. The van der Waals surface area contributed by atoms with Gasteiger partial charge in [-0.05, 0) is 31.5 Å². The van der Waals surface area contributed by atoms with Crippen molar-refractivity contribution in [3.05, 3.63) is 42.0 Å². The first-order valence-electron chi connectivity index (χ1n) is 7.58. The third-order valence-corrected chi connectivity index (χ3v) is 3.19. The van der Waals surface area contributed by atoms with Crippen LogP contribution in [0.1, 0.15) is 37.4 Å². The highest BCUT2D eigenvalue weighted by Gasteiger charge is 2.06. The molecule has 0 unspecified atom stereocenters. The quantitative estimate of drug-likeness (QED) is 0.681. The van der Waals surface area contributed by atoms with Gasteiger partial charge in [0.15, 0.2) is 5.82 Å². The van der Waals surface area contributed by atoms with Gasteiger partial charge in [-0.25, -0.2) is 0 Å². The summed E-state index contributed by atoms with van der Waals surface area (Å²) >= 11 is 0. The van der Waals surface area contributed by atoms with Gasteiger partial charge in [0.05, 0.1) is 6.61 Å². The van der Waals surface area contributed by atoms with Gasteiger partial charge >= 0.3 is 0 Å². The van der Waals surface area contributed by atoms with Crippen LogP contribution in [0, 0.1) is 0 Å². The molecule has 0 amide bonds. The highest BCUT2D eigenvalue weighted by molar-refractivity contribution is 5.20. The lowest BCUT2D eigenvalue weighted by molar-refractivity contribution is 0.313. The van der Waals surface area contributed by atoms with Crippen molar-refractivity contribution in [2.45, 2.75) is 38.5 Å². The molecule has 1 aromatic carbocycles. The standard InChI is InChI=1S/C16H23N3O2/c17-12-7-2-1-6-10-16-18-15(19-21-16)11-13-20-14-8-4-3-5-9-14/h3-5,8-9H,1-2,6-7,10-13,17H2. The van der Waals surface area contributed by atoms with Crippen LogP contribution in [0.4, 0.5) is 0 Å². The van der Waals surface area contributed by atoms with E-state index < -0.39 is 0 Å². The van der Waals surface area contributed by atoms with Gasteiger partial charge in [0, 0.05) is 12.8 Å². The molecule has 0 aliphatic heterocycles. The number of hydrogen-bond donors (Lipinski definition) is 1. The van der Waals surface area contributed by atoms with E-state index in [1.54, 1.807) is 0 Å². The smallest absolute Gasteiger partial charge is 0.226 e. The van der Waals surface area contributed by atoms with Crippen LogP contribution in [0.3, 0.4) is 0 Å². The summed E-state index contributed by atoms with van der Waals surface area (Å²) in [5.74, 6) is 2.29. The summed E-state index contributed by atoms with van der Waals surface area (Å²) in [4.78, 5) is 4.38. The normalized spacial score (nSPS) is 10.7. The minimum atomic E-state index is 0.555. The van der Waals surface area contributed by atoms with Gasteiger partial charge < -0.3 is 15.0 Å². The highest BCUT2D eigenvalue weighted by Crippen LogP contribution is 2.09. The number of hydrogen-bond acceptors (Lipinski definition) is 5. The molecule has 0 radical (unpaired) electrons. The Morgan fingerprint density at radius 2 is 1.81 bits per heavy atom. The van der Waals surface area contributed by atoms with Crippen LogP contribution in [0.5, 0.6) is 5.75 Å². The van der Waals surface area contributed by atoms with Crippen molar-refractivity contribution in [2.24, 2.45) is 5.73 Å². The monoisotopic (exact) mass is 289 g/mol. The number of unbranched alkanes of at least 4 members (excludes halogenated alkanes) is 3. The van der Waals surface area contributed by atoms with Crippen molar-refractivity contribution in [2.75, 3.05) is 13.2 Å². The average molecular weight is 289 g/mol. The van der Waals surface area contributed by atoms with E-state index in [9.17, 15) is 0 Å². The molecule has 2 aromatic rings. The molecule has 5 heteroatoms. The third-order valence-electron chi connectivity index (χ3n) is 3.19. The topological polar surface area (TPSA) is 74.2 Å². The van der Waals surface area contributed by atoms with Gasteiger partial charge in [-0.3, -0.25) is 0 Å². The van der Waals surface area contributed by atoms with Crippen LogP contribution in [-0.2, 0) is 12.8 Å². The predicted octanol–water partition coefficient (Wildman–Crippen LogP) is 2.75. The number of para-hydroxylation sites is 1. The van der Waals surface area contributed by atoms with Crippen molar-refractivity contribution in [1.82, 2.24) is 10.1 Å². The second-order valence-electron chi connectivity index (χ2n) is 4.97. The van der Waals surface area contributed by atoms with Crippen LogP contribution in [-0.4, -0.2) is 23.3 Å². The van der Waals surface area contributed by atoms with E-state index >= 15 is 0 Å². The minimum absolute atomic E-state index is 0.555. The number of nitrogens with zero attached hydrogens (tertiary/aromatic N) is 2. The SMILES string of the molecule is NCCCCCCc1nc(CCOc2ccccc2)no1. The van der Waals surface area contributed by atoms with E-state index in [1.165, 1.54) is 6.42 Å². The molecular formula is C16H23N3O2. The Balaban J connectivity index is 1.63. The molecule has 0 saturated heterocycles. The van der Waals surface area contributed by atoms with Crippen molar-refractivity contribution in [3.8, 4) is 5.75 Å². The predicted molar refractivity (Wildman–Crippen MR) is 81.2 cm³/mol. The van der Waals surface area contributed by atoms with Gasteiger partial charge in [0.25, 0.3) is 0 Å². The zero-order valence-electron chi connectivity index (χ0n) is 12.3. The fourth-order valence-corrected chi connectivity index (χ4v) is 2.04. The second-order valence-corrected chi connectivity index (χ2v) is 4.97. The van der Waals surface area contributed by atoms with E-state index in [-0.39, 0.29) is 0 Å². The third kappa shape index (κ3) is 5.95. The zero-order chi connectivity index (χ0) is 14.8. The van der Waals surface area contributed by atoms with Crippen molar-refractivity contribution >= 4 is 0 Å². The summed E-state index contributed by atoms with van der Waals surface area (Å²) in [5.41, 5.74) is 5.46. The van der Waals surface area contributed by atoms with E-state index in [0.717, 1.165) is 43.9 Å². The maximum atomic E-state index is 5.61. The number of nitrogens with two attached hydrogens (primary N) is 1. The van der Waals surface area contributed by atoms with Crippen LogP contribution in [0.25, 0.3) is 0 Å². The van der Waals surface area contributed by atoms with Gasteiger partial charge in [-0.15, -0.1) is 0 Å². The molecule has 0 aliphatic carbocycles.